The molecule has 27 heavy (non-hydrogen) atoms. The van der Waals surface area contributed by atoms with E-state index in [0.29, 0.717) is 18.5 Å². The largest absolute Gasteiger partial charge is 0.396 e. The van der Waals surface area contributed by atoms with Crippen molar-refractivity contribution in [1.29, 1.82) is 0 Å². The van der Waals surface area contributed by atoms with Crippen molar-refractivity contribution in [3.63, 3.8) is 0 Å². The van der Waals surface area contributed by atoms with Crippen LogP contribution in [-0.4, -0.2) is 63.9 Å². The Morgan fingerprint density at radius 3 is 2.63 bits per heavy atom. The SMILES string of the molecule is CC(C)(C)c1nc(CN2CCN(CCc3ccccc3)[C@H](CCO)C2)no1. The molecule has 0 spiro atoms. The van der Waals surface area contributed by atoms with Crippen LogP contribution in [0.15, 0.2) is 34.9 Å². The van der Waals surface area contributed by atoms with E-state index >= 15 is 0 Å². The zero-order valence-electron chi connectivity index (χ0n) is 16.8. The van der Waals surface area contributed by atoms with Crippen molar-refractivity contribution in [2.45, 2.75) is 51.6 Å². The smallest absolute Gasteiger partial charge is 0.232 e. The first-order valence-electron chi connectivity index (χ1n) is 9.90. The average molecular weight is 373 g/mol. The van der Waals surface area contributed by atoms with Gasteiger partial charge in [0.25, 0.3) is 0 Å². The Balaban J connectivity index is 1.56. The molecular weight excluding hydrogens is 340 g/mol. The first-order valence-corrected chi connectivity index (χ1v) is 9.90. The molecule has 1 saturated heterocycles. The highest BCUT2D eigenvalue weighted by molar-refractivity contribution is 5.15. The topological polar surface area (TPSA) is 65.6 Å². The summed E-state index contributed by atoms with van der Waals surface area (Å²) < 4.78 is 5.42. The predicted molar refractivity (Wildman–Crippen MR) is 105 cm³/mol. The van der Waals surface area contributed by atoms with E-state index in [1.165, 1.54) is 5.56 Å². The van der Waals surface area contributed by atoms with E-state index in [1.54, 1.807) is 0 Å². The second-order valence-corrected chi connectivity index (χ2v) is 8.44. The standard InChI is InChI=1S/C21H32N4O2/c1-21(2,3)20-22-19(23-27-20)16-24-12-13-25(18(15-24)10-14-26)11-9-17-7-5-4-6-8-17/h4-8,18,26H,9-16H2,1-3H3/t18-/m1/s1. The highest BCUT2D eigenvalue weighted by Gasteiger charge is 2.28. The Morgan fingerprint density at radius 2 is 1.96 bits per heavy atom. The van der Waals surface area contributed by atoms with Crippen LogP contribution in [0.5, 0.6) is 0 Å². The quantitative estimate of drug-likeness (QED) is 0.805. The van der Waals surface area contributed by atoms with Crippen LogP contribution in [0.3, 0.4) is 0 Å². The summed E-state index contributed by atoms with van der Waals surface area (Å²) in [6, 6.07) is 11.0. The third-order valence-corrected chi connectivity index (χ3v) is 5.16. The maximum absolute atomic E-state index is 9.51. The number of hydrogen-bond donors (Lipinski definition) is 1. The Kier molecular flexibility index (Phi) is 6.63. The van der Waals surface area contributed by atoms with Crippen molar-refractivity contribution in [1.82, 2.24) is 19.9 Å². The molecule has 6 nitrogen and oxygen atoms in total. The molecule has 0 unspecified atom stereocenters. The molecule has 6 heteroatoms. The summed E-state index contributed by atoms with van der Waals surface area (Å²) >= 11 is 0. The number of hydrogen-bond acceptors (Lipinski definition) is 6. The summed E-state index contributed by atoms with van der Waals surface area (Å²) in [5, 5.41) is 13.7. The Hall–Kier alpha value is -1.76. The van der Waals surface area contributed by atoms with E-state index in [0.717, 1.165) is 44.8 Å². The summed E-state index contributed by atoms with van der Waals surface area (Å²) in [6.07, 6.45) is 1.84. The van der Waals surface area contributed by atoms with Gasteiger partial charge in [0.05, 0.1) is 6.54 Å². The molecule has 1 N–H and O–H groups in total. The average Bonchev–Trinajstić information content (AvgIpc) is 3.11. The van der Waals surface area contributed by atoms with Gasteiger partial charge in [-0.15, -0.1) is 0 Å². The Bertz CT molecular complexity index is 696. The van der Waals surface area contributed by atoms with Crippen LogP contribution in [0.4, 0.5) is 0 Å². The van der Waals surface area contributed by atoms with Crippen molar-refractivity contribution < 1.29 is 9.63 Å². The first-order chi connectivity index (χ1) is 13.0. The molecule has 1 aliphatic rings. The number of nitrogens with zero attached hydrogens (tertiary/aromatic N) is 4. The van der Waals surface area contributed by atoms with Crippen molar-refractivity contribution in [2.75, 3.05) is 32.8 Å². The van der Waals surface area contributed by atoms with Gasteiger partial charge in [0.15, 0.2) is 5.82 Å². The number of rotatable bonds is 7. The van der Waals surface area contributed by atoms with Gasteiger partial charge in [-0.3, -0.25) is 9.80 Å². The molecule has 1 aromatic carbocycles. The highest BCUT2D eigenvalue weighted by Crippen LogP contribution is 2.21. The van der Waals surface area contributed by atoms with Gasteiger partial charge in [0, 0.05) is 44.2 Å². The lowest BCUT2D eigenvalue weighted by atomic mass is 9.97. The molecule has 1 atom stereocenters. The van der Waals surface area contributed by atoms with Gasteiger partial charge in [-0.25, -0.2) is 0 Å². The summed E-state index contributed by atoms with van der Waals surface area (Å²) in [6.45, 7) is 11.1. The molecule has 2 heterocycles. The lowest BCUT2D eigenvalue weighted by molar-refractivity contribution is 0.0545. The monoisotopic (exact) mass is 372 g/mol. The second-order valence-electron chi connectivity index (χ2n) is 8.44. The number of piperazine rings is 1. The van der Waals surface area contributed by atoms with E-state index in [9.17, 15) is 5.11 Å². The fourth-order valence-electron chi connectivity index (χ4n) is 3.56. The molecule has 148 valence electrons. The second kappa shape index (κ2) is 8.95. The van der Waals surface area contributed by atoms with Crippen LogP contribution in [0.25, 0.3) is 0 Å². The van der Waals surface area contributed by atoms with Gasteiger partial charge in [-0.05, 0) is 18.4 Å². The fraction of sp³-hybridized carbons (Fsp3) is 0.619. The molecule has 0 aliphatic carbocycles. The molecule has 3 rings (SSSR count). The van der Waals surface area contributed by atoms with E-state index < -0.39 is 0 Å². The third kappa shape index (κ3) is 5.61. The minimum atomic E-state index is -0.124. The molecule has 1 aromatic heterocycles. The van der Waals surface area contributed by atoms with Gasteiger partial charge in [0.1, 0.15) is 0 Å². The molecule has 0 radical (unpaired) electrons. The Labute approximate surface area is 162 Å². The summed E-state index contributed by atoms with van der Waals surface area (Å²) in [5.74, 6) is 1.44. The number of aromatic nitrogens is 2. The van der Waals surface area contributed by atoms with E-state index in [1.807, 2.05) is 0 Å². The molecule has 2 aromatic rings. The van der Waals surface area contributed by atoms with Gasteiger partial charge in [-0.2, -0.15) is 4.98 Å². The molecule has 1 aliphatic heterocycles. The number of benzene rings is 1. The fourth-order valence-corrected chi connectivity index (χ4v) is 3.56. The van der Waals surface area contributed by atoms with E-state index in [2.05, 4.69) is 71.0 Å². The van der Waals surface area contributed by atoms with Gasteiger partial charge in [-0.1, -0.05) is 56.3 Å². The van der Waals surface area contributed by atoms with Crippen LogP contribution in [0.2, 0.25) is 0 Å². The number of aliphatic hydroxyl groups is 1. The number of aliphatic hydroxyl groups excluding tert-OH is 1. The van der Waals surface area contributed by atoms with Gasteiger partial charge < -0.3 is 9.63 Å². The van der Waals surface area contributed by atoms with Crippen LogP contribution in [0.1, 0.15) is 44.5 Å². The molecule has 0 bridgehead atoms. The lowest BCUT2D eigenvalue weighted by Gasteiger charge is -2.41. The summed E-state index contributed by atoms with van der Waals surface area (Å²) in [4.78, 5) is 9.44. The predicted octanol–water partition coefficient (Wildman–Crippen LogP) is 2.48. The molecule has 0 amide bonds. The van der Waals surface area contributed by atoms with Crippen molar-refractivity contribution in [3.05, 3.63) is 47.6 Å². The van der Waals surface area contributed by atoms with Crippen LogP contribution >= 0.6 is 0 Å². The first kappa shape index (κ1) is 20.0. The zero-order chi connectivity index (χ0) is 19.3. The van der Waals surface area contributed by atoms with Crippen molar-refractivity contribution in [2.24, 2.45) is 0 Å². The highest BCUT2D eigenvalue weighted by atomic mass is 16.5. The molecule has 0 saturated carbocycles. The van der Waals surface area contributed by atoms with Gasteiger partial charge >= 0.3 is 0 Å². The maximum Gasteiger partial charge on any atom is 0.232 e. The maximum atomic E-state index is 9.51. The minimum absolute atomic E-state index is 0.124. The van der Waals surface area contributed by atoms with Crippen LogP contribution in [0, 0.1) is 0 Å². The van der Waals surface area contributed by atoms with E-state index in [-0.39, 0.29) is 12.0 Å². The minimum Gasteiger partial charge on any atom is -0.396 e. The molecular formula is C21H32N4O2. The summed E-state index contributed by atoms with van der Waals surface area (Å²) in [7, 11) is 0. The van der Waals surface area contributed by atoms with E-state index in [4.69, 9.17) is 4.52 Å². The van der Waals surface area contributed by atoms with Crippen molar-refractivity contribution >= 4 is 0 Å². The van der Waals surface area contributed by atoms with Crippen LogP contribution < -0.4 is 0 Å². The summed E-state index contributed by atoms with van der Waals surface area (Å²) in [5.41, 5.74) is 1.24. The van der Waals surface area contributed by atoms with Gasteiger partial charge in [0.2, 0.25) is 5.89 Å². The Morgan fingerprint density at radius 1 is 1.19 bits per heavy atom. The zero-order valence-corrected chi connectivity index (χ0v) is 16.8. The normalized spacial score (nSPS) is 19.5. The van der Waals surface area contributed by atoms with Crippen LogP contribution in [-0.2, 0) is 18.4 Å². The molecule has 1 fully saturated rings. The lowest BCUT2D eigenvalue weighted by Crippen LogP contribution is -2.53. The van der Waals surface area contributed by atoms with Crippen molar-refractivity contribution in [3.8, 4) is 0 Å². The third-order valence-electron chi connectivity index (χ3n) is 5.16.